The molecule has 0 bridgehead atoms. The Hall–Kier alpha value is -1.20. The van der Waals surface area contributed by atoms with Gasteiger partial charge in [-0.05, 0) is 40.2 Å². The number of halogens is 1. The largest absolute Gasteiger partial charge is 0.376 e. The Bertz CT molecular complexity index is 487. The summed E-state index contributed by atoms with van der Waals surface area (Å²) in [5.74, 6) is 0.532. The van der Waals surface area contributed by atoms with Crippen molar-refractivity contribution in [3.05, 3.63) is 23.6 Å². The molecular weight excluding hydrogens is 269 g/mol. The molecule has 0 radical (unpaired) electrons. The Kier molecular flexibility index (Phi) is 4.84. The van der Waals surface area contributed by atoms with Crippen molar-refractivity contribution in [2.45, 2.75) is 58.3 Å². The number of hydrogen-bond donors (Lipinski definition) is 1. The monoisotopic (exact) mass is 295 g/mol. The lowest BCUT2D eigenvalue weighted by molar-refractivity contribution is 0.118. The van der Waals surface area contributed by atoms with E-state index in [1.807, 2.05) is 7.05 Å². The molecule has 0 spiro atoms. The van der Waals surface area contributed by atoms with Gasteiger partial charge >= 0.3 is 0 Å². The molecule has 1 saturated heterocycles. The van der Waals surface area contributed by atoms with Crippen LogP contribution in [-0.2, 0) is 11.3 Å². The Labute approximate surface area is 126 Å². The summed E-state index contributed by atoms with van der Waals surface area (Å²) in [4.78, 5) is 6.44. The van der Waals surface area contributed by atoms with Crippen LogP contribution in [0.1, 0.15) is 39.7 Å². The maximum absolute atomic E-state index is 13.6. The molecule has 1 fully saturated rings. The van der Waals surface area contributed by atoms with Crippen molar-refractivity contribution in [2.24, 2.45) is 0 Å². The van der Waals surface area contributed by atoms with Crippen LogP contribution in [0.15, 0.2) is 12.3 Å². The van der Waals surface area contributed by atoms with Gasteiger partial charge in [0, 0.05) is 31.3 Å². The van der Waals surface area contributed by atoms with Crippen LogP contribution in [0, 0.1) is 5.82 Å². The number of anilines is 1. The lowest BCUT2D eigenvalue weighted by Crippen LogP contribution is -2.39. The van der Waals surface area contributed by atoms with Crippen LogP contribution in [0.25, 0.3) is 0 Å². The van der Waals surface area contributed by atoms with E-state index in [0.29, 0.717) is 6.54 Å². The highest BCUT2D eigenvalue weighted by atomic mass is 19.1. The molecule has 2 rings (SSSR count). The van der Waals surface area contributed by atoms with E-state index in [1.165, 1.54) is 6.20 Å². The van der Waals surface area contributed by atoms with Gasteiger partial charge in [-0.25, -0.2) is 9.37 Å². The average Bonchev–Trinajstić information content (AvgIpc) is 2.81. The van der Waals surface area contributed by atoms with Crippen molar-refractivity contribution in [3.63, 3.8) is 0 Å². The molecule has 4 nitrogen and oxygen atoms in total. The van der Waals surface area contributed by atoms with Crippen LogP contribution in [0.2, 0.25) is 0 Å². The molecule has 2 unspecified atom stereocenters. The number of ether oxygens (including phenoxy) is 1. The van der Waals surface area contributed by atoms with Crippen molar-refractivity contribution in [2.75, 3.05) is 18.6 Å². The van der Waals surface area contributed by atoms with E-state index in [2.05, 4.69) is 42.9 Å². The van der Waals surface area contributed by atoms with Gasteiger partial charge < -0.3 is 15.0 Å². The summed E-state index contributed by atoms with van der Waals surface area (Å²) in [6.45, 7) is 9.72. The van der Waals surface area contributed by atoms with Crippen LogP contribution in [0.4, 0.5) is 10.2 Å². The lowest BCUT2D eigenvalue weighted by atomic mass is 10.1. The number of nitrogens with zero attached hydrogens (tertiary/aromatic N) is 2. The van der Waals surface area contributed by atoms with Crippen molar-refractivity contribution in [1.29, 1.82) is 0 Å². The molecule has 0 saturated carbocycles. The first-order valence-electron chi connectivity index (χ1n) is 7.52. The summed E-state index contributed by atoms with van der Waals surface area (Å²) >= 11 is 0. The summed E-state index contributed by atoms with van der Waals surface area (Å²) in [6.07, 6.45) is 2.43. The van der Waals surface area contributed by atoms with Crippen molar-refractivity contribution in [1.82, 2.24) is 10.3 Å². The topological polar surface area (TPSA) is 37.4 Å². The highest BCUT2D eigenvalue weighted by molar-refractivity contribution is 5.47. The predicted molar refractivity (Wildman–Crippen MR) is 83.0 cm³/mol. The Balaban J connectivity index is 2.21. The third kappa shape index (κ3) is 4.14. The highest BCUT2D eigenvalue weighted by Gasteiger charge is 2.29. The van der Waals surface area contributed by atoms with E-state index in [-0.39, 0.29) is 23.5 Å². The minimum Gasteiger partial charge on any atom is -0.376 e. The molecule has 118 valence electrons. The standard InChI is InChI=1S/C16H26FN3O/c1-11-14(6-7-21-11)20(5)15-12(8-13(17)10-18-15)9-19-16(2,3)4/h8,10-11,14,19H,6-7,9H2,1-5H3. The van der Waals surface area contributed by atoms with Crippen molar-refractivity contribution in [3.8, 4) is 0 Å². The second-order valence-electron chi connectivity index (χ2n) is 6.78. The zero-order valence-electron chi connectivity index (χ0n) is 13.6. The minimum absolute atomic E-state index is 0.0219. The number of likely N-dealkylation sites (N-methyl/N-ethyl adjacent to an activating group) is 1. The summed E-state index contributed by atoms with van der Waals surface area (Å²) in [5, 5.41) is 3.40. The zero-order chi connectivity index (χ0) is 15.6. The van der Waals surface area contributed by atoms with Gasteiger partial charge in [0.05, 0.1) is 18.3 Å². The van der Waals surface area contributed by atoms with Gasteiger partial charge in [0.15, 0.2) is 0 Å². The molecule has 1 aromatic heterocycles. The van der Waals surface area contributed by atoms with E-state index < -0.39 is 0 Å². The maximum Gasteiger partial charge on any atom is 0.141 e. The molecule has 1 N–H and O–H groups in total. The molecule has 1 aliphatic heterocycles. The van der Waals surface area contributed by atoms with Gasteiger partial charge in [0.2, 0.25) is 0 Å². The molecule has 1 aromatic rings. The first-order chi connectivity index (χ1) is 9.78. The predicted octanol–water partition coefficient (Wildman–Crippen LogP) is 2.72. The van der Waals surface area contributed by atoms with Crippen LogP contribution in [0.3, 0.4) is 0 Å². The molecule has 2 heterocycles. The van der Waals surface area contributed by atoms with Crippen LogP contribution >= 0.6 is 0 Å². The third-order valence-corrected chi connectivity index (χ3v) is 3.89. The van der Waals surface area contributed by atoms with E-state index in [0.717, 1.165) is 24.4 Å². The number of aromatic nitrogens is 1. The summed E-state index contributed by atoms with van der Waals surface area (Å²) < 4.78 is 19.2. The fourth-order valence-corrected chi connectivity index (χ4v) is 2.67. The van der Waals surface area contributed by atoms with Gasteiger partial charge in [-0.3, -0.25) is 0 Å². The first kappa shape index (κ1) is 16.2. The molecule has 2 atom stereocenters. The summed E-state index contributed by atoms with van der Waals surface area (Å²) in [7, 11) is 2.01. The zero-order valence-corrected chi connectivity index (χ0v) is 13.6. The lowest BCUT2D eigenvalue weighted by Gasteiger charge is -2.30. The number of nitrogens with one attached hydrogen (secondary N) is 1. The highest BCUT2D eigenvalue weighted by Crippen LogP contribution is 2.26. The SMILES string of the molecule is CC1OCCC1N(C)c1ncc(F)cc1CNC(C)(C)C. The Morgan fingerprint density at radius 2 is 2.19 bits per heavy atom. The summed E-state index contributed by atoms with van der Waals surface area (Å²) in [5.41, 5.74) is 0.859. The minimum atomic E-state index is -0.298. The fraction of sp³-hybridized carbons (Fsp3) is 0.688. The van der Waals surface area contributed by atoms with Gasteiger partial charge in [0.25, 0.3) is 0 Å². The maximum atomic E-state index is 13.6. The van der Waals surface area contributed by atoms with Crippen LogP contribution in [0.5, 0.6) is 0 Å². The molecule has 21 heavy (non-hydrogen) atoms. The second kappa shape index (κ2) is 6.28. The smallest absolute Gasteiger partial charge is 0.141 e. The molecule has 0 aromatic carbocycles. The number of hydrogen-bond acceptors (Lipinski definition) is 4. The third-order valence-electron chi connectivity index (χ3n) is 3.89. The van der Waals surface area contributed by atoms with Crippen molar-refractivity contribution < 1.29 is 9.13 Å². The second-order valence-corrected chi connectivity index (χ2v) is 6.78. The van der Waals surface area contributed by atoms with Gasteiger partial charge in [-0.2, -0.15) is 0 Å². The molecule has 1 aliphatic rings. The first-order valence-corrected chi connectivity index (χ1v) is 7.52. The molecule has 5 heteroatoms. The quantitative estimate of drug-likeness (QED) is 0.927. The number of pyridine rings is 1. The number of rotatable bonds is 4. The van der Waals surface area contributed by atoms with Gasteiger partial charge in [-0.15, -0.1) is 0 Å². The average molecular weight is 295 g/mol. The van der Waals surface area contributed by atoms with E-state index in [4.69, 9.17) is 4.74 Å². The Morgan fingerprint density at radius 3 is 2.76 bits per heavy atom. The molecule has 0 amide bonds. The normalized spacial score (nSPS) is 22.6. The van der Waals surface area contributed by atoms with E-state index >= 15 is 0 Å². The van der Waals surface area contributed by atoms with Crippen LogP contribution < -0.4 is 10.2 Å². The molecular formula is C16H26FN3O. The fourth-order valence-electron chi connectivity index (χ4n) is 2.67. The van der Waals surface area contributed by atoms with Gasteiger partial charge in [-0.1, -0.05) is 0 Å². The van der Waals surface area contributed by atoms with E-state index in [9.17, 15) is 4.39 Å². The van der Waals surface area contributed by atoms with Crippen molar-refractivity contribution >= 4 is 5.82 Å². The van der Waals surface area contributed by atoms with E-state index in [1.54, 1.807) is 6.07 Å². The Morgan fingerprint density at radius 1 is 1.48 bits per heavy atom. The van der Waals surface area contributed by atoms with Gasteiger partial charge in [0.1, 0.15) is 11.6 Å². The summed E-state index contributed by atoms with van der Waals surface area (Å²) in [6, 6.07) is 1.86. The molecule has 0 aliphatic carbocycles. The van der Waals surface area contributed by atoms with Crippen LogP contribution in [-0.4, -0.2) is 36.3 Å².